The molecule has 0 aromatic carbocycles. The number of rotatable bonds is 1. The van der Waals surface area contributed by atoms with Crippen LogP contribution in [0.1, 0.15) is 37.0 Å². The standard InChI is InChI=1S/C22H24FN5O2/c1-13(23)4-5-18-15(3)22-10-16(22)6-8-27(22)19-7-9-28-20(26-19)17(11-24-28)21(29)25-14(2)12-30-18/h4-5,7,9,11,14,16H,3,6,8,10,12H2,1-2H3,(H,25,29)/b13-4+,18-5+/t14-,16+,22+/m1/s1. The van der Waals surface area contributed by atoms with Gasteiger partial charge in [-0.3, -0.25) is 4.79 Å². The molecule has 1 saturated heterocycles. The van der Waals surface area contributed by atoms with E-state index in [0.29, 0.717) is 22.9 Å². The van der Waals surface area contributed by atoms with E-state index in [2.05, 4.69) is 21.9 Å². The molecule has 0 radical (unpaired) electrons. The van der Waals surface area contributed by atoms with Crippen molar-refractivity contribution in [1.29, 1.82) is 0 Å². The molecule has 2 bridgehead atoms. The van der Waals surface area contributed by atoms with Gasteiger partial charge in [0, 0.05) is 18.3 Å². The largest absolute Gasteiger partial charge is 0.491 e. The van der Waals surface area contributed by atoms with E-state index in [1.807, 2.05) is 19.2 Å². The molecular formula is C22H24FN5O2. The van der Waals surface area contributed by atoms with Gasteiger partial charge in [-0.05, 0) is 50.8 Å². The van der Waals surface area contributed by atoms with E-state index < -0.39 is 0 Å². The summed E-state index contributed by atoms with van der Waals surface area (Å²) in [5.41, 5.74) is 1.49. The molecule has 1 amide bonds. The van der Waals surface area contributed by atoms with Crippen LogP contribution in [-0.4, -0.2) is 45.2 Å². The molecule has 1 saturated carbocycles. The molecule has 1 N–H and O–H groups in total. The number of anilines is 1. The highest BCUT2D eigenvalue weighted by Crippen LogP contribution is 2.61. The number of hydrogen-bond acceptors (Lipinski definition) is 5. The van der Waals surface area contributed by atoms with Crippen molar-refractivity contribution in [1.82, 2.24) is 19.9 Å². The third-order valence-electron chi connectivity index (χ3n) is 6.28. The van der Waals surface area contributed by atoms with Crippen LogP contribution in [0.3, 0.4) is 0 Å². The van der Waals surface area contributed by atoms with E-state index in [1.54, 1.807) is 10.6 Å². The zero-order chi connectivity index (χ0) is 21.0. The predicted octanol–water partition coefficient (Wildman–Crippen LogP) is 3.16. The number of ether oxygens (including phenoxy) is 1. The van der Waals surface area contributed by atoms with E-state index in [9.17, 15) is 9.18 Å². The van der Waals surface area contributed by atoms with Crippen LogP contribution in [0.4, 0.5) is 10.2 Å². The summed E-state index contributed by atoms with van der Waals surface area (Å²) in [5, 5.41) is 7.19. The minimum atomic E-state index is -0.309. The lowest BCUT2D eigenvalue weighted by atomic mass is 10.0. The molecule has 30 heavy (non-hydrogen) atoms. The van der Waals surface area contributed by atoms with Crippen molar-refractivity contribution >= 4 is 17.4 Å². The maximum absolute atomic E-state index is 13.5. The van der Waals surface area contributed by atoms with Gasteiger partial charge in [0.15, 0.2) is 5.65 Å². The first-order valence-corrected chi connectivity index (χ1v) is 10.2. The Balaban J connectivity index is 1.64. The van der Waals surface area contributed by atoms with Crippen LogP contribution in [0.5, 0.6) is 0 Å². The molecule has 5 rings (SSSR count). The quantitative estimate of drug-likeness (QED) is 0.783. The van der Waals surface area contributed by atoms with Gasteiger partial charge in [-0.2, -0.15) is 5.10 Å². The van der Waals surface area contributed by atoms with Gasteiger partial charge in [0.2, 0.25) is 0 Å². The van der Waals surface area contributed by atoms with E-state index in [4.69, 9.17) is 9.72 Å². The lowest BCUT2D eigenvalue weighted by Crippen LogP contribution is -2.38. The number of halogens is 1. The summed E-state index contributed by atoms with van der Waals surface area (Å²) in [5.74, 6) is 1.22. The first-order chi connectivity index (χ1) is 14.4. The number of fused-ring (bicyclic) bond motifs is 2. The predicted molar refractivity (Wildman–Crippen MR) is 111 cm³/mol. The Kier molecular flexibility index (Phi) is 4.20. The van der Waals surface area contributed by atoms with Crippen molar-refractivity contribution in [2.45, 2.75) is 38.3 Å². The number of carbonyl (C=O) groups is 1. The smallest absolute Gasteiger partial charge is 0.257 e. The molecule has 4 heterocycles. The third-order valence-corrected chi connectivity index (χ3v) is 6.28. The first-order valence-electron chi connectivity index (χ1n) is 10.2. The van der Waals surface area contributed by atoms with E-state index >= 15 is 0 Å². The normalized spacial score (nSPS) is 30.3. The molecule has 8 heteroatoms. The Morgan fingerprint density at radius 2 is 2.33 bits per heavy atom. The number of piperidine rings is 1. The van der Waals surface area contributed by atoms with Crippen LogP contribution in [0.15, 0.2) is 54.4 Å². The third kappa shape index (κ3) is 2.81. The van der Waals surface area contributed by atoms with Crippen molar-refractivity contribution in [2.24, 2.45) is 5.92 Å². The van der Waals surface area contributed by atoms with Crippen LogP contribution < -0.4 is 10.2 Å². The summed E-state index contributed by atoms with van der Waals surface area (Å²) in [6.45, 7) is 8.70. The molecule has 156 valence electrons. The van der Waals surface area contributed by atoms with Crippen molar-refractivity contribution in [3.05, 3.63) is 59.9 Å². The monoisotopic (exact) mass is 409 g/mol. The van der Waals surface area contributed by atoms with Crippen molar-refractivity contribution < 1.29 is 13.9 Å². The number of aromatic nitrogens is 3. The summed E-state index contributed by atoms with van der Waals surface area (Å²) in [6.07, 6.45) is 8.37. The number of hydrogen-bond donors (Lipinski definition) is 1. The summed E-state index contributed by atoms with van der Waals surface area (Å²) < 4.78 is 21.1. The number of allylic oxidation sites excluding steroid dienone is 3. The molecule has 2 aromatic rings. The van der Waals surface area contributed by atoms with E-state index in [0.717, 1.165) is 30.8 Å². The van der Waals surface area contributed by atoms with Gasteiger partial charge >= 0.3 is 0 Å². The lowest BCUT2D eigenvalue weighted by Gasteiger charge is -2.32. The van der Waals surface area contributed by atoms with Gasteiger partial charge in [-0.15, -0.1) is 0 Å². The summed E-state index contributed by atoms with van der Waals surface area (Å²) in [6, 6.07) is 1.64. The SMILES string of the molecule is C=C1/C(=C\C=C(/C)F)OC[C@@H](C)NC(=O)c2cnn3ccc(nc23)N2CC[C@H]3C[C@]132. The number of nitrogens with one attached hydrogen (secondary N) is 1. The van der Waals surface area contributed by atoms with Crippen LogP contribution in [0.2, 0.25) is 0 Å². The molecule has 3 aliphatic rings. The molecule has 2 aliphatic heterocycles. The average molecular weight is 409 g/mol. The van der Waals surface area contributed by atoms with E-state index in [1.165, 1.54) is 19.2 Å². The Bertz CT molecular complexity index is 1120. The fourth-order valence-electron chi connectivity index (χ4n) is 4.69. The zero-order valence-electron chi connectivity index (χ0n) is 17.1. The maximum Gasteiger partial charge on any atom is 0.257 e. The Labute approximate surface area is 173 Å². The highest BCUT2D eigenvalue weighted by Gasteiger charge is 2.64. The van der Waals surface area contributed by atoms with Crippen LogP contribution >= 0.6 is 0 Å². The second-order valence-electron chi connectivity index (χ2n) is 8.33. The molecule has 2 fully saturated rings. The van der Waals surface area contributed by atoms with Crippen LogP contribution in [0, 0.1) is 5.92 Å². The van der Waals surface area contributed by atoms with E-state index in [-0.39, 0.29) is 29.9 Å². The number of carbonyl (C=O) groups excluding carboxylic acids is 1. The van der Waals surface area contributed by atoms with Gasteiger partial charge in [-0.25, -0.2) is 13.9 Å². The van der Waals surface area contributed by atoms with Gasteiger partial charge in [-0.1, -0.05) is 6.58 Å². The van der Waals surface area contributed by atoms with Gasteiger partial charge in [0.25, 0.3) is 5.91 Å². The molecule has 3 atom stereocenters. The Morgan fingerprint density at radius 1 is 1.50 bits per heavy atom. The number of nitrogens with zero attached hydrogens (tertiary/aromatic N) is 4. The molecule has 2 aromatic heterocycles. The molecular weight excluding hydrogens is 385 g/mol. The van der Waals surface area contributed by atoms with Crippen molar-refractivity contribution in [3.8, 4) is 0 Å². The highest BCUT2D eigenvalue weighted by molar-refractivity contribution is 6.00. The second kappa shape index (κ2) is 6.68. The topological polar surface area (TPSA) is 71.8 Å². The average Bonchev–Trinajstić information content (AvgIpc) is 3.10. The minimum absolute atomic E-state index is 0.242. The first kappa shape index (κ1) is 18.8. The van der Waals surface area contributed by atoms with Crippen molar-refractivity contribution in [2.75, 3.05) is 18.1 Å². The molecule has 0 unspecified atom stereocenters. The molecule has 7 nitrogen and oxygen atoms in total. The summed E-state index contributed by atoms with van der Waals surface area (Å²) >= 11 is 0. The molecule has 1 aliphatic carbocycles. The Hall–Kier alpha value is -3.16. The zero-order valence-corrected chi connectivity index (χ0v) is 17.1. The second-order valence-corrected chi connectivity index (χ2v) is 8.33. The number of amides is 1. The summed E-state index contributed by atoms with van der Waals surface area (Å²) in [4.78, 5) is 19.8. The van der Waals surface area contributed by atoms with Crippen LogP contribution in [0.25, 0.3) is 5.65 Å². The lowest BCUT2D eigenvalue weighted by molar-refractivity contribution is 0.0913. The highest BCUT2D eigenvalue weighted by atomic mass is 19.1. The Morgan fingerprint density at radius 3 is 3.10 bits per heavy atom. The minimum Gasteiger partial charge on any atom is -0.491 e. The summed E-state index contributed by atoms with van der Waals surface area (Å²) in [7, 11) is 0. The fourth-order valence-corrected chi connectivity index (χ4v) is 4.69. The van der Waals surface area contributed by atoms with Crippen molar-refractivity contribution in [3.63, 3.8) is 0 Å². The van der Waals surface area contributed by atoms with Crippen LogP contribution in [-0.2, 0) is 4.74 Å². The fraction of sp³-hybridized carbons (Fsp3) is 0.409. The molecule has 1 spiro atoms. The van der Waals surface area contributed by atoms with Gasteiger partial charge in [0.05, 0.1) is 23.6 Å². The van der Waals surface area contributed by atoms with Gasteiger partial charge in [0.1, 0.15) is 23.7 Å². The maximum atomic E-state index is 13.5. The van der Waals surface area contributed by atoms with Gasteiger partial charge < -0.3 is 15.0 Å².